The van der Waals surface area contributed by atoms with Crippen LogP contribution in [0.3, 0.4) is 0 Å². The lowest BCUT2D eigenvalue weighted by atomic mass is 9.90. The Bertz CT molecular complexity index is 545. The van der Waals surface area contributed by atoms with E-state index in [-0.39, 0.29) is 29.1 Å². The minimum atomic E-state index is -0.315. The Kier molecular flexibility index (Phi) is 4.57. The lowest BCUT2D eigenvalue weighted by molar-refractivity contribution is -0.133. The van der Waals surface area contributed by atoms with Crippen LogP contribution < -0.4 is 5.73 Å². The minimum Gasteiger partial charge on any atom is -0.341 e. The quantitative estimate of drug-likeness (QED) is 0.927. The smallest absolute Gasteiger partial charge is 0.233 e. The number of carbonyl (C=O) groups excluding carboxylic acids is 1. The Morgan fingerprint density at radius 2 is 2.10 bits per heavy atom. The molecule has 1 atom stereocenters. The third-order valence-corrected chi connectivity index (χ3v) is 5.11. The molecule has 1 saturated heterocycles. The topological polar surface area (TPSA) is 46.3 Å². The summed E-state index contributed by atoms with van der Waals surface area (Å²) in [6.07, 6.45) is 2.87. The molecule has 0 spiro atoms. The summed E-state index contributed by atoms with van der Waals surface area (Å²) in [4.78, 5) is 14.9. The molecule has 0 bridgehead atoms. The molecule has 1 amide bonds. The molecule has 1 aliphatic heterocycles. The van der Waals surface area contributed by atoms with Crippen molar-refractivity contribution in [3.63, 3.8) is 0 Å². The summed E-state index contributed by atoms with van der Waals surface area (Å²) >= 11 is 6.07. The van der Waals surface area contributed by atoms with Gasteiger partial charge in [-0.2, -0.15) is 0 Å². The highest BCUT2D eigenvalue weighted by atomic mass is 35.5. The zero-order valence-corrected chi connectivity index (χ0v) is 13.8. The second kappa shape index (κ2) is 5.79. The molecule has 1 unspecified atom stereocenters. The fraction of sp³-hybridized carbons (Fsp3) is 0.562. The second-order valence-corrected chi connectivity index (χ2v) is 7.02. The summed E-state index contributed by atoms with van der Waals surface area (Å²) in [6, 6.07) is 7.74. The molecule has 2 aliphatic rings. The van der Waals surface area contributed by atoms with Crippen LogP contribution >= 0.6 is 24.0 Å². The van der Waals surface area contributed by atoms with Crippen molar-refractivity contribution in [1.82, 2.24) is 4.90 Å². The molecule has 1 aromatic carbocycles. The van der Waals surface area contributed by atoms with Gasteiger partial charge in [0.1, 0.15) is 0 Å². The zero-order valence-electron chi connectivity index (χ0n) is 12.3. The predicted molar refractivity (Wildman–Crippen MR) is 88.0 cm³/mol. The molecule has 2 N–H and O–H groups in total. The van der Waals surface area contributed by atoms with E-state index in [1.165, 1.54) is 0 Å². The number of hydrogen-bond acceptors (Lipinski definition) is 2. The van der Waals surface area contributed by atoms with Crippen LogP contribution in [0, 0.1) is 5.41 Å². The van der Waals surface area contributed by atoms with Crippen molar-refractivity contribution < 1.29 is 4.79 Å². The third kappa shape index (κ3) is 2.92. The molecule has 3 rings (SSSR count). The van der Waals surface area contributed by atoms with Crippen molar-refractivity contribution in [2.75, 3.05) is 19.6 Å². The molecule has 21 heavy (non-hydrogen) atoms. The predicted octanol–water partition coefficient (Wildman–Crippen LogP) is 2.99. The van der Waals surface area contributed by atoms with Crippen molar-refractivity contribution in [3.05, 3.63) is 34.9 Å². The Labute approximate surface area is 137 Å². The van der Waals surface area contributed by atoms with Gasteiger partial charge in [0.05, 0.1) is 5.41 Å². The standard InChI is InChI=1S/C16H21ClN2O.ClH/c1-15(10-18)7-8-19(11-15)14(20)16(5-6-16)12-3-2-4-13(17)9-12;/h2-4,9H,5-8,10-11,18H2,1H3;1H. The van der Waals surface area contributed by atoms with Crippen LogP contribution in [0.5, 0.6) is 0 Å². The van der Waals surface area contributed by atoms with Crippen LogP contribution in [-0.4, -0.2) is 30.4 Å². The zero-order chi connectivity index (χ0) is 14.4. The highest BCUT2D eigenvalue weighted by molar-refractivity contribution is 6.30. The van der Waals surface area contributed by atoms with Gasteiger partial charge in [-0.1, -0.05) is 30.7 Å². The first-order chi connectivity index (χ1) is 9.49. The lowest BCUT2D eigenvalue weighted by Gasteiger charge is -2.26. The number of benzene rings is 1. The van der Waals surface area contributed by atoms with Gasteiger partial charge in [-0.3, -0.25) is 4.79 Å². The van der Waals surface area contributed by atoms with E-state index in [4.69, 9.17) is 17.3 Å². The maximum atomic E-state index is 12.9. The molecule has 116 valence electrons. The van der Waals surface area contributed by atoms with Gasteiger partial charge in [-0.05, 0) is 48.9 Å². The highest BCUT2D eigenvalue weighted by Gasteiger charge is 2.54. The van der Waals surface area contributed by atoms with Crippen molar-refractivity contribution >= 4 is 29.9 Å². The van der Waals surface area contributed by atoms with Crippen LogP contribution in [0.2, 0.25) is 5.02 Å². The molecule has 3 nitrogen and oxygen atoms in total. The van der Waals surface area contributed by atoms with E-state index in [0.29, 0.717) is 11.6 Å². The molecule has 1 saturated carbocycles. The maximum absolute atomic E-state index is 12.9. The summed E-state index contributed by atoms with van der Waals surface area (Å²) in [5.74, 6) is 0.261. The number of carbonyl (C=O) groups is 1. The third-order valence-electron chi connectivity index (χ3n) is 4.87. The summed E-state index contributed by atoms with van der Waals surface area (Å²) in [6.45, 7) is 4.42. The number of halogens is 2. The summed E-state index contributed by atoms with van der Waals surface area (Å²) in [5, 5.41) is 0.704. The second-order valence-electron chi connectivity index (χ2n) is 6.58. The molecule has 5 heteroatoms. The number of hydrogen-bond donors (Lipinski definition) is 1. The molecule has 0 radical (unpaired) electrons. The SMILES string of the molecule is CC1(CN)CCN(C(=O)C2(c3cccc(Cl)c3)CC2)C1.Cl. The Balaban J connectivity index is 0.00000161. The van der Waals surface area contributed by atoms with Crippen molar-refractivity contribution in [2.45, 2.75) is 31.6 Å². The van der Waals surface area contributed by atoms with Gasteiger partial charge >= 0.3 is 0 Å². The van der Waals surface area contributed by atoms with Gasteiger partial charge in [0.2, 0.25) is 5.91 Å². The van der Waals surface area contributed by atoms with Crippen LogP contribution in [0.1, 0.15) is 31.7 Å². The number of rotatable bonds is 3. The maximum Gasteiger partial charge on any atom is 0.233 e. The van der Waals surface area contributed by atoms with Crippen LogP contribution in [0.4, 0.5) is 0 Å². The van der Waals surface area contributed by atoms with Crippen molar-refractivity contribution in [3.8, 4) is 0 Å². The van der Waals surface area contributed by atoms with E-state index < -0.39 is 0 Å². The minimum absolute atomic E-state index is 0. The normalized spacial score (nSPS) is 26.3. The molecule has 1 aromatic rings. The van der Waals surface area contributed by atoms with E-state index in [0.717, 1.165) is 37.9 Å². The lowest BCUT2D eigenvalue weighted by Crippen LogP contribution is -2.40. The van der Waals surface area contributed by atoms with Gasteiger partial charge in [0, 0.05) is 18.1 Å². The molecular formula is C16H22Cl2N2O. The van der Waals surface area contributed by atoms with Gasteiger partial charge < -0.3 is 10.6 Å². The summed E-state index contributed by atoms with van der Waals surface area (Å²) in [5.41, 5.74) is 6.67. The fourth-order valence-corrected chi connectivity index (χ4v) is 3.39. The Hall–Kier alpha value is -0.770. The molecular weight excluding hydrogens is 307 g/mol. The average molecular weight is 329 g/mol. The Morgan fingerprint density at radius 3 is 2.62 bits per heavy atom. The van der Waals surface area contributed by atoms with Gasteiger partial charge in [-0.15, -0.1) is 12.4 Å². The fourth-order valence-electron chi connectivity index (χ4n) is 3.20. The number of likely N-dealkylation sites (tertiary alicyclic amines) is 1. The molecule has 0 aromatic heterocycles. The number of amides is 1. The molecule has 1 heterocycles. The van der Waals surface area contributed by atoms with Crippen LogP contribution in [0.15, 0.2) is 24.3 Å². The first-order valence-electron chi connectivity index (χ1n) is 7.25. The number of nitrogens with zero attached hydrogens (tertiary/aromatic N) is 1. The summed E-state index contributed by atoms with van der Waals surface area (Å²) < 4.78 is 0. The number of nitrogens with two attached hydrogens (primary N) is 1. The average Bonchev–Trinajstić information content (AvgIpc) is 3.16. The van der Waals surface area contributed by atoms with Crippen LogP contribution in [0.25, 0.3) is 0 Å². The van der Waals surface area contributed by atoms with Crippen molar-refractivity contribution in [2.24, 2.45) is 11.1 Å². The van der Waals surface area contributed by atoms with Crippen molar-refractivity contribution in [1.29, 1.82) is 0 Å². The van der Waals surface area contributed by atoms with Gasteiger partial charge in [0.15, 0.2) is 0 Å². The largest absolute Gasteiger partial charge is 0.341 e. The molecule has 1 aliphatic carbocycles. The van der Waals surface area contributed by atoms with Gasteiger partial charge in [0.25, 0.3) is 0 Å². The van der Waals surface area contributed by atoms with E-state index >= 15 is 0 Å². The van der Waals surface area contributed by atoms with E-state index in [1.807, 2.05) is 29.2 Å². The molecule has 2 fully saturated rings. The first kappa shape index (κ1) is 16.6. The first-order valence-corrected chi connectivity index (χ1v) is 7.62. The highest BCUT2D eigenvalue weighted by Crippen LogP contribution is 2.51. The van der Waals surface area contributed by atoms with E-state index in [9.17, 15) is 4.79 Å². The monoisotopic (exact) mass is 328 g/mol. The van der Waals surface area contributed by atoms with E-state index in [2.05, 4.69) is 6.92 Å². The van der Waals surface area contributed by atoms with Crippen LogP contribution in [-0.2, 0) is 10.2 Å². The van der Waals surface area contributed by atoms with E-state index in [1.54, 1.807) is 0 Å². The summed E-state index contributed by atoms with van der Waals surface area (Å²) in [7, 11) is 0. The van der Waals surface area contributed by atoms with Gasteiger partial charge in [-0.25, -0.2) is 0 Å². The Morgan fingerprint density at radius 1 is 1.38 bits per heavy atom.